The van der Waals surface area contributed by atoms with Gasteiger partial charge in [-0.1, -0.05) is 12.1 Å². The van der Waals surface area contributed by atoms with Gasteiger partial charge in [0, 0.05) is 23.6 Å². The van der Waals surface area contributed by atoms with E-state index in [9.17, 15) is 19.8 Å². The molecule has 1 amide bonds. The average molecular weight is 467 g/mol. The maximum atomic E-state index is 12.9. The van der Waals surface area contributed by atoms with Crippen LogP contribution in [0.5, 0.6) is 11.5 Å². The molecule has 2 aromatic rings. The van der Waals surface area contributed by atoms with Crippen LogP contribution in [0.25, 0.3) is 0 Å². The second kappa shape index (κ2) is 8.60. The molecule has 3 aliphatic rings. The van der Waals surface area contributed by atoms with Gasteiger partial charge in [-0.25, -0.2) is 4.79 Å². The van der Waals surface area contributed by atoms with Crippen molar-refractivity contribution in [2.45, 2.75) is 57.0 Å². The zero-order chi connectivity index (χ0) is 24.0. The summed E-state index contributed by atoms with van der Waals surface area (Å²) in [7, 11) is 0. The lowest BCUT2D eigenvalue weighted by Gasteiger charge is -2.54. The van der Waals surface area contributed by atoms with Crippen molar-refractivity contribution in [2.24, 2.45) is 5.92 Å². The van der Waals surface area contributed by atoms with Crippen LogP contribution in [0.4, 0.5) is 5.69 Å². The SMILES string of the molecule is CC1(C)Oc2cc(O)ccc2[C@@H]2O[C@@H]3CCCN(CC(=O)Nc4ccccc4C(=O)O)[C@@H]3C[C@H]21. The lowest BCUT2D eigenvalue weighted by atomic mass is 9.72. The van der Waals surface area contributed by atoms with Crippen molar-refractivity contribution in [2.75, 3.05) is 18.4 Å². The molecule has 34 heavy (non-hydrogen) atoms. The Labute approximate surface area is 198 Å². The molecule has 0 unspecified atom stereocenters. The van der Waals surface area contributed by atoms with E-state index in [1.807, 2.05) is 19.9 Å². The largest absolute Gasteiger partial charge is 0.508 e. The molecule has 3 heterocycles. The van der Waals surface area contributed by atoms with Gasteiger partial charge in [0.1, 0.15) is 17.1 Å². The predicted octanol–water partition coefficient (Wildman–Crippen LogP) is 3.81. The number of benzene rings is 2. The van der Waals surface area contributed by atoms with Crippen LogP contribution < -0.4 is 10.1 Å². The third kappa shape index (κ3) is 4.12. The van der Waals surface area contributed by atoms with Crippen LogP contribution in [-0.2, 0) is 9.53 Å². The Morgan fingerprint density at radius 3 is 2.79 bits per heavy atom. The number of nitrogens with one attached hydrogen (secondary N) is 1. The maximum Gasteiger partial charge on any atom is 0.337 e. The third-order valence-electron chi connectivity index (χ3n) is 7.36. The number of carbonyl (C=O) groups excluding carboxylic acids is 1. The van der Waals surface area contributed by atoms with Crippen molar-refractivity contribution >= 4 is 17.6 Å². The number of para-hydroxylation sites is 1. The van der Waals surface area contributed by atoms with Crippen molar-refractivity contribution in [3.8, 4) is 11.5 Å². The Hall–Kier alpha value is -3.10. The van der Waals surface area contributed by atoms with E-state index in [1.54, 1.807) is 30.3 Å². The summed E-state index contributed by atoms with van der Waals surface area (Å²) in [6.07, 6.45) is 2.52. The van der Waals surface area contributed by atoms with Crippen LogP contribution in [0.3, 0.4) is 0 Å². The highest BCUT2D eigenvalue weighted by atomic mass is 16.5. The number of carbonyl (C=O) groups is 2. The first-order valence-corrected chi connectivity index (χ1v) is 11.8. The molecular weight excluding hydrogens is 436 g/mol. The summed E-state index contributed by atoms with van der Waals surface area (Å²) in [4.78, 5) is 26.5. The summed E-state index contributed by atoms with van der Waals surface area (Å²) in [5.41, 5.74) is 0.834. The number of likely N-dealkylation sites (tertiary alicyclic amines) is 1. The summed E-state index contributed by atoms with van der Waals surface area (Å²) in [6.45, 7) is 5.04. The number of phenolic OH excluding ortho intramolecular Hbond substituents is 1. The Morgan fingerprint density at radius 1 is 1.21 bits per heavy atom. The number of carboxylic acids is 1. The van der Waals surface area contributed by atoms with E-state index >= 15 is 0 Å². The van der Waals surface area contributed by atoms with Crippen LogP contribution in [0.2, 0.25) is 0 Å². The van der Waals surface area contributed by atoms with E-state index in [4.69, 9.17) is 9.47 Å². The molecule has 4 atom stereocenters. The van der Waals surface area contributed by atoms with Crippen molar-refractivity contribution < 1.29 is 29.3 Å². The van der Waals surface area contributed by atoms with Crippen molar-refractivity contribution in [1.82, 2.24) is 4.90 Å². The third-order valence-corrected chi connectivity index (χ3v) is 7.36. The number of fused-ring (bicyclic) bond motifs is 4. The summed E-state index contributed by atoms with van der Waals surface area (Å²) in [5, 5.41) is 22.1. The molecule has 2 aromatic carbocycles. The number of anilines is 1. The highest BCUT2D eigenvalue weighted by Crippen LogP contribution is 2.52. The smallest absolute Gasteiger partial charge is 0.337 e. The monoisotopic (exact) mass is 466 g/mol. The Bertz CT molecular complexity index is 1120. The van der Waals surface area contributed by atoms with E-state index in [2.05, 4.69) is 10.2 Å². The first kappa shape index (κ1) is 22.7. The molecule has 0 radical (unpaired) electrons. The van der Waals surface area contributed by atoms with Crippen molar-refractivity contribution in [3.63, 3.8) is 0 Å². The number of hydrogen-bond donors (Lipinski definition) is 3. The normalized spacial score (nSPS) is 27.5. The van der Waals surface area contributed by atoms with E-state index in [-0.39, 0.29) is 47.9 Å². The quantitative estimate of drug-likeness (QED) is 0.629. The molecule has 0 spiro atoms. The van der Waals surface area contributed by atoms with Gasteiger partial charge in [0.2, 0.25) is 5.91 Å². The van der Waals surface area contributed by atoms with Gasteiger partial charge in [-0.15, -0.1) is 0 Å². The van der Waals surface area contributed by atoms with E-state index in [0.717, 1.165) is 31.4 Å². The lowest BCUT2D eigenvalue weighted by Crippen LogP contribution is -2.59. The average Bonchev–Trinajstić information content (AvgIpc) is 2.78. The number of ether oxygens (including phenoxy) is 2. The Morgan fingerprint density at radius 2 is 2.00 bits per heavy atom. The highest BCUT2D eigenvalue weighted by Gasteiger charge is 2.52. The molecule has 180 valence electrons. The molecule has 5 rings (SSSR count). The standard InChI is InChI=1S/C26H30N2O6/c1-26(2)18-13-20-21(33-24(18)17-10-9-15(29)12-22(17)34-26)8-5-11-28(20)14-23(30)27-19-7-4-3-6-16(19)25(31)32/h3-4,6-7,9-10,12,18,20-21,24,29H,5,8,11,13-14H2,1-2H3,(H,27,30)(H,31,32)/t18-,20-,21-,24+/m1/s1. The zero-order valence-electron chi connectivity index (χ0n) is 19.4. The number of carboxylic acid groups (broad SMARTS) is 1. The lowest BCUT2D eigenvalue weighted by molar-refractivity contribution is -0.189. The van der Waals surface area contributed by atoms with E-state index in [1.165, 1.54) is 6.07 Å². The highest BCUT2D eigenvalue weighted by molar-refractivity contribution is 6.01. The molecule has 3 aliphatic heterocycles. The number of aromatic carboxylic acids is 1. The van der Waals surface area contributed by atoms with Gasteiger partial charge in [0.05, 0.1) is 30.0 Å². The molecule has 2 saturated heterocycles. The maximum absolute atomic E-state index is 12.9. The summed E-state index contributed by atoms with van der Waals surface area (Å²) in [6, 6.07) is 11.7. The molecule has 0 bridgehead atoms. The Balaban J connectivity index is 1.34. The van der Waals surface area contributed by atoms with Crippen LogP contribution in [0, 0.1) is 5.92 Å². The molecule has 8 heteroatoms. The van der Waals surface area contributed by atoms with Gasteiger partial charge < -0.3 is 25.0 Å². The molecule has 0 aliphatic carbocycles. The summed E-state index contributed by atoms with van der Waals surface area (Å²) >= 11 is 0. The first-order chi connectivity index (χ1) is 16.2. The minimum Gasteiger partial charge on any atom is -0.508 e. The van der Waals surface area contributed by atoms with Gasteiger partial charge in [0.25, 0.3) is 0 Å². The van der Waals surface area contributed by atoms with Gasteiger partial charge >= 0.3 is 5.97 Å². The first-order valence-electron chi connectivity index (χ1n) is 11.8. The molecule has 0 aromatic heterocycles. The summed E-state index contributed by atoms with van der Waals surface area (Å²) < 4.78 is 13.0. The number of rotatable bonds is 4. The molecule has 8 nitrogen and oxygen atoms in total. The zero-order valence-corrected chi connectivity index (χ0v) is 19.4. The topological polar surface area (TPSA) is 108 Å². The fraction of sp³-hybridized carbons (Fsp3) is 0.462. The number of amides is 1. The number of aromatic hydroxyl groups is 1. The molecular formula is C26H30N2O6. The molecule has 3 N–H and O–H groups in total. The predicted molar refractivity (Wildman–Crippen MR) is 125 cm³/mol. The van der Waals surface area contributed by atoms with Gasteiger partial charge in [-0.05, 0) is 63.9 Å². The fourth-order valence-electron chi connectivity index (χ4n) is 5.71. The number of piperidine rings is 1. The summed E-state index contributed by atoms with van der Waals surface area (Å²) in [5.74, 6) is -0.401. The van der Waals surface area contributed by atoms with Gasteiger partial charge in [-0.3, -0.25) is 9.69 Å². The van der Waals surface area contributed by atoms with Gasteiger partial charge in [-0.2, -0.15) is 0 Å². The Kier molecular flexibility index (Phi) is 5.73. The number of phenols is 1. The second-order valence-electron chi connectivity index (χ2n) is 9.94. The van der Waals surface area contributed by atoms with E-state index < -0.39 is 11.6 Å². The van der Waals surface area contributed by atoms with Gasteiger partial charge in [0.15, 0.2) is 0 Å². The van der Waals surface area contributed by atoms with E-state index in [0.29, 0.717) is 11.4 Å². The fourth-order valence-corrected chi connectivity index (χ4v) is 5.71. The number of hydrogen-bond acceptors (Lipinski definition) is 6. The molecule has 2 fully saturated rings. The second-order valence-corrected chi connectivity index (χ2v) is 9.94. The molecule has 0 saturated carbocycles. The minimum absolute atomic E-state index is 0.00958. The van der Waals surface area contributed by atoms with Crippen molar-refractivity contribution in [1.29, 1.82) is 0 Å². The van der Waals surface area contributed by atoms with Crippen molar-refractivity contribution in [3.05, 3.63) is 53.6 Å². The van der Waals surface area contributed by atoms with Crippen LogP contribution in [-0.4, -0.2) is 57.8 Å². The van der Waals surface area contributed by atoms with Crippen LogP contribution in [0.15, 0.2) is 42.5 Å². The minimum atomic E-state index is -1.08. The van der Waals surface area contributed by atoms with Crippen LogP contribution >= 0.6 is 0 Å². The van der Waals surface area contributed by atoms with Crippen LogP contribution in [0.1, 0.15) is 55.1 Å². The number of nitrogens with zero attached hydrogens (tertiary/aromatic N) is 1.